The van der Waals surface area contributed by atoms with Gasteiger partial charge in [0.2, 0.25) is 5.89 Å². The number of nitrogens with zero attached hydrogens (tertiary/aromatic N) is 2. The second-order valence-electron chi connectivity index (χ2n) is 4.78. The Morgan fingerprint density at radius 3 is 3.17 bits per heavy atom. The second-order valence-corrected chi connectivity index (χ2v) is 6.01. The lowest BCUT2D eigenvalue weighted by molar-refractivity contribution is 0.0953. The van der Waals surface area contributed by atoms with Crippen LogP contribution in [0.2, 0.25) is 0 Å². The minimum Gasteiger partial charge on any atom is -0.484 e. The zero-order valence-electron chi connectivity index (χ0n) is 12.5. The summed E-state index contributed by atoms with van der Waals surface area (Å²) in [4.78, 5) is 20.2. The van der Waals surface area contributed by atoms with Gasteiger partial charge in [-0.05, 0) is 19.1 Å². The van der Waals surface area contributed by atoms with Gasteiger partial charge in [0.05, 0.1) is 15.2 Å². The number of carbonyl (C=O) groups excluding carboxylic acids is 1. The molecule has 0 aliphatic carbocycles. The number of fused-ring (bicyclic) bond motifs is 1. The molecule has 3 rings (SSSR count). The first kappa shape index (κ1) is 15.2. The number of amides is 1. The van der Waals surface area contributed by atoms with Gasteiger partial charge >= 0.3 is 0 Å². The van der Waals surface area contributed by atoms with Crippen LogP contribution < -0.4 is 10.1 Å². The Hall–Kier alpha value is -2.67. The van der Waals surface area contributed by atoms with Gasteiger partial charge in [-0.3, -0.25) is 4.79 Å². The summed E-state index contributed by atoms with van der Waals surface area (Å²) in [5.74, 6) is 0.709. The smallest absolute Gasteiger partial charge is 0.273 e. The zero-order valence-corrected chi connectivity index (χ0v) is 13.4. The van der Waals surface area contributed by atoms with Crippen LogP contribution in [0.25, 0.3) is 10.2 Å². The first-order valence-corrected chi connectivity index (χ1v) is 7.81. The third kappa shape index (κ3) is 3.57. The van der Waals surface area contributed by atoms with Crippen molar-refractivity contribution in [3.05, 3.63) is 53.7 Å². The fourth-order valence-corrected chi connectivity index (χ4v) is 2.80. The lowest BCUT2D eigenvalue weighted by Crippen LogP contribution is -2.23. The van der Waals surface area contributed by atoms with Crippen molar-refractivity contribution in [1.82, 2.24) is 15.3 Å². The van der Waals surface area contributed by atoms with Gasteiger partial charge in [-0.1, -0.05) is 6.08 Å². The minimum atomic E-state index is -0.306. The van der Waals surface area contributed by atoms with Crippen LogP contribution in [0, 0.1) is 6.92 Å². The summed E-state index contributed by atoms with van der Waals surface area (Å²) < 4.78 is 12.0. The van der Waals surface area contributed by atoms with E-state index in [0.717, 1.165) is 15.2 Å². The average Bonchev–Trinajstić information content (AvgIpc) is 3.15. The third-order valence-electron chi connectivity index (χ3n) is 3.02. The highest BCUT2D eigenvalue weighted by molar-refractivity contribution is 7.18. The van der Waals surface area contributed by atoms with Crippen molar-refractivity contribution in [3.63, 3.8) is 0 Å². The predicted molar refractivity (Wildman–Crippen MR) is 87.7 cm³/mol. The Bertz CT molecular complexity index is 853. The molecule has 7 heteroatoms. The van der Waals surface area contributed by atoms with Gasteiger partial charge < -0.3 is 14.5 Å². The number of benzene rings is 1. The summed E-state index contributed by atoms with van der Waals surface area (Å²) in [5, 5.41) is 3.64. The molecule has 0 atom stereocenters. The molecule has 0 saturated carbocycles. The zero-order chi connectivity index (χ0) is 16.2. The molecule has 3 aromatic rings. The SMILES string of the molecule is C=CCNC(=O)c1coc(COc2ccc3sc(C)nc3c2)n1. The monoisotopic (exact) mass is 329 g/mol. The number of aromatic nitrogens is 2. The second kappa shape index (κ2) is 6.62. The van der Waals surface area contributed by atoms with Crippen LogP contribution in [0.5, 0.6) is 5.75 Å². The normalized spacial score (nSPS) is 10.7. The molecule has 0 bridgehead atoms. The van der Waals surface area contributed by atoms with Crippen LogP contribution >= 0.6 is 11.3 Å². The van der Waals surface area contributed by atoms with Crippen LogP contribution in [-0.4, -0.2) is 22.4 Å². The van der Waals surface area contributed by atoms with Gasteiger partial charge in [0.25, 0.3) is 5.91 Å². The molecular formula is C16H15N3O3S. The van der Waals surface area contributed by atoms with E-state index in [9.17, 15) is 4.79 Å². The van der Waals surface area contributed by atoms with Crippen molar-refractivity contribution in [3.8, 4) is 5.75 Å². The van der Waals surface area contributed by atoms with E-state index < -0.39 is 0 Å². The number of hydrogen-bond donors (Lipinski definition) is 1. The molecule has 0 aliphatic rings. The maximum atomic E-state index is 11.7. The van der Waals surface area contributed by atoms with E-state index in [0.29, 0.717) is 18.2 Å². The van der Waals surface area contributed by atoms with Gasteiger partial charge in [0, 0.05) is 12.6 Å². The molecule has 0 fully saturated rings. The predicted octanol–water partition coefficient (Wildman–Crippen LogP) is 3.09. The van der Waals surface area contributed by atoms with Crippen molar-refractivity contribution in [2.75, 3.05) is 6.54 Å². The molecule has 6 nitrogen and oxygen atoms in total. The standard InChI is InChI=1S/C16H15N3O3S/c1-3-6-17-16(20)13-8-22-15(19-13)9-21-11-4-5-14-12(7-11)18-10(2)23-14/h3-5,7-8H,1,6,9H2,2H3,(H,17,20). The molecular weight excluding hydrogens is 314 g/mol. The summed E-state index contributed by atoms with van der Waals surface area (Å²) in [5.41, 5.74) is 1.12. The molecule has 118 valence electrons. The first-order chi connectivity index (χ1) is 11.2. The molecule has 1 amide bonds. The highest BCUT2D eigenvalue weighted by atomic mass is 32.1. The molecule has 1 N–H and O–H groups in total. The fraction of sp³-hybridized carbons (Fsp3) is 0.188. The topological polar surface area (TPSA) is 77.2 Å². The van der Waals surface area contributed by atoms with Crippen LogP contribution in [0.15, 0.2) is 41.5 Å². The Morgan fingerprint density at radius 2 is 2.35 bits per heavy atom. The number of carbonyl (C=O) groups is 1. The number of aryl methyl sites for hydroxylation is 1. The van der Waals surface area contributed by atoms with Crippen LogP contribution in [0.1, 0.15) is 21.4 Å². The molecule has 2 heterocycles. The largest absolute Gasteiger partial charge is 0.484 e. The first-order valence-electron chi connectivity index (χ1n) is 6.99. The van der Waals surface area contributed by atoms with E-state index in [1.807, 2.05) is 25.1 Å². The number of ether oxygens (including phenoxy) is 1. The van der Waals surface area contributed by atoms with E-state index in [1.165, 1.54) is 6.26 Å². The molecule has 2 aromatic heterocycles. The van der Waals surface area contributed by atoms with Gasteiger partial charge in [0.15, 0.2) is 12.3 Å². The summed E-state index contributed by atoms with van der Waals surface area (Å²) in [6.07, 6.45) is 2.91. The van der Waals surface area contributed by atoms with Gasteiger partial charge in [-0.25, -0.2) is 9.97 Å². The summed E-state index contributed by atoms with van der Waals surface area (Å²) in [6, 6.07) is 5.72. The van der Waals surface area contributed by atoms with Gasteiger partial charge in [-0.15, -0.1) is 17.9 Å². The number of oxazole rings is 1. The number of thiazole rings is 1. The van der Waals surface area contributed by atoms with E-state index in [1.54, 1.807) is 17.4 Å². The third-order valence-corrected chi connectivity index (χ3v) is 3.97. The molecule has 0 saturated heterocycles. The van der Waals surface area contributed by atoms with Crippen molar-refractivity contribution in [2.45, 2.75) is 13.5 Å². The summed E-state index contributed by atoms with van der Waals surface area (Å²) >= 11 is 1.64. The number of hydrogen-bond acceptors (Lipinski definition) is 6. The Morgan fingerprint density at radius 1 is 1.48 bits per heavy atom. The minimum absolute atomic E-state index is 0.142. The molecule has 0 unspecified atom stereocenters. The van der Waals surface area contributed by atoms with Crippen LogP contribution in [0.3, 0.4) is 0 Å². The quantitative estimate of drug-likeness (QED) is 0.703. The lowest BCUT2D eigenvalue weighted by atomic mass is 10.3. The van der Waals surface area contributed by atoms with Crippen molar-refractivity contribution < 1.29 is 13.9 Å². The average molecular weight is 329 g/mol. The summed E-state index contributed by atoms with van der Waals surface area (Å²) in [6.45, 7) is 6.03. The van der Waals surface area contributed by atoms with E-state index in [2.05, 4.69) is 21.9 Å². The highest BCUT2D eigenvalue weighted by Crippen LogP contribution is 2.25. The lowest BCUT2D eigenvalue weighted by Gasteiger charge is -2.02. The Balaban J connectivity index is 1.64. The van der Waals surface area contributed by atoms with Crippen LogP contribution in [-0.2, 0) is 6.61 Å². The van der Waals surface area contributed by atoms with Crippen molar-refractivity contribution in [2.24, 2.45) is 0 Å². The van der Waals surface area contributed by atoms with E-state index in [4.69, 9.17) is 9.15 Å². The molecule has 0 radical (unpaired) electrons. The maximum Gasteiger partial charge on any atom is 0.273 e. The van der Waals surface area contributed by atoms with Crippen molar-refractivity contribution in [1.29, 1.82) is 0 Å². The van der Waals surface area contributed by atoms with Crippen LogP contribution in [0.4, 0.5) is 0 Å². The molecule has 1 aromatic carbocycles. The van der Waals surface area contributed by atoms with E-state index >= 15 is 0 Å². The molecule has 0 spiro atoms. The number of rotatable bonds is 6. The fourth-order valence-electron chi connectivity index (χ4n) is 1.99. The number of nitrogens with one attached hydrogen (secondary N) is 1. The van der Waals surface area contributed by atoms with E-state index in [-0.39, 0.29) is 18.2 Å². The maximum absolute atomic E-state index is 11.7. The van der Waals surface area contributed by atoms with Gasteiger partial charge in [-0.2, -0.15) is 0 Å². The highest BCUT2D eigenvalue weighted by Gasteiger charge is 2.12. The molecule has 23 heavy (non-hydrogen) atoms. The van der Waals surface area contributed by atoms with Gasteiger partial charge in [0.1, 0.15) is 12.0 Å². The molecule has 0 aliphatic heterocycles. The van der Waals surface area contributed by atoms with Crippen molar-refractivity contribution >= 4 is 27.5 Å². The Kier molecular flexibility index (Phi) is 4.38. The summed E-state index contributed by atoms with van der Waals surface area (Å²) in [7, 11) is 0. The Labute approximate surface area is 136 Å².